The molecular formula is C15H22ClN3. The van der Waals surface area contributed by atoms with Crippen molar-refractivity contribution in [3.63, 3.8) is 0 Å². The zero-order valence-electron chi connectivity index (χ0n) is 11.7. The van der Waals surface area contributed by atoms with Gasteiger partial charge in [-0.3, -0.25) is 0 Å². The highest BCUT2D eigenvalue weighted by Crippen LogP contribution is 2.21. The highest BCUT2D eigenvalue weighted by molar-refractivity contribution is 6.29. The Balaban J connectivity index is 1.90. The van der Waals surface area contributed by atoms with Gasteiger partial charge in [0.05, 0.1) is 0 Å². The van der Waals surface area contributed by atoms with Crippen LogP contribution in [-0.4, -0.2) is 16.5 Å². The van der Waals surface area contributed by atoms with Crippen LogP contribution in [0.5, 0.6) is 0 Å². The van der Waals surface area contributed by atoms with Crippen molar-refractivity contribution < 1.29 is 0 Å². The van der Waals surface area contributed by atoms with Gasteiger partial charge < -0.3 is 5.32 Å². The first-order chi connectivity index (χ1) is 9.15. The summed E-state index contributed by atoms with van der Waals surface area (Å²) in [4.78, 5) is 8.72. The molecule has 1 heterocycles. The largest absolute Gasteiger partial charge is 0.370 e. The lowest BCUT2D eigenvalue weighted by molar-refractivity contribution is 0.679. The van der Waals surface area contributed by atoms with Gasteiger partial charge in [-0.05, 0) is 32.1 Å². The molecule has 0 unspecified atom stereocenters. The molecule has 0 amide bonds. The number of nitrogens with zero attached hydrogens (tertiary/aromatic N) is 2. The van der Waals surface area contributed by atoms with Gasteiger partial charge in [-0.2, -0.15) is 0 Å². The van der Waals surface area contributed by atoms with Crippen molar-refractivity contribution in [1.29, 1.82) is 0 Å². The summed E-state index contributed by atoms with van der Waals surface area (Å²) in [6.45, 7) is 5.06. The first kappa shape index (κ1) is 14.3. The minimum Gasteiger partial charge on any atom is -0.370 e. The lowest BCUT2D eigenvalue weighted by Crippen LogP contribution is -2.08. The minimum atomic E-state index is 0.292. The maximum absolute atomic E-state index is 6.02. The third kappa shape index (κ3) is 4.50. The van der Waals surface area contributed by atoms with Gasteiger partial charge in [0.2, 0.25) is 0 Å². The predicted molar refractivity (Wildman–Crippen MR) is 80.8 cm³/mol. The summed E-state index contributed by atoms with van der Waals surface area (Å²) in [7, 11) is 0. The fourth-order valence-electron chi connectivity index (χ4n) is 2.27. The number of hydrogen-bond donors (Lipinski definition) is 1. The van der Waals surface area contributed by atoms with Gasteiger partial charge >= 0.3 is 0 Å². The molecule has 0 radical (unpaired) electrons. The average molecular weight is 280 g/mol. The van der Waals surface area contributed by atoms with Crippen molar-refractivity contribution in [3.8, 4) is 0 Å². The molecule has 104 valence electrons. The van der Waals surface area contributed by atoms with Crippen LogP contribution in [0.4, 0.5) is 5.82 Å². The van der Waals surface area contributed by atoms with Crippen LogP contribution in [0.3, 0.4) is 0 Å². The van der Waals surface area contributed by atoms with E-state index in [1.54, 1.807) is 11.6 Å². The minimum absolute atomic E-state index is 0.292. The van der Waals surface area contributed by atoms with E-state index in [0.29, 0.717) is 11.1 Å². The molecule has 1 aliphatic rings. The lowest BCUT2D eigenvalue weighted by Gasteiger charge is -2.14. The lowest BCUT2D eigenvalue weighted by atomic mass is 9.97. The van der Waals surface area contributed by atoms with E-state index in [1.807, 2.05) is 0 Å². The zero-order valence-corrected chi connectivity index (χ0v) is 12.5. The quantitative estimate of drug-likeness (QED) is 0.634. The fraction of sp³-hybridized carbons (Fsp3) is 0.600. The Hall–Kier alpha value is -1.09. The maximum atomic E-state index is 6.02. The summed E-state index contributed by atoms with van der Waals surface area (Å²) in [5.74, 6) is 1.92. The van der Waals surface area contributed by atoms with Gasteiger partial charge in [-0.25, -0.2) is 9.97 Å². The maximum Gasteiger partial charge on any atom is 0.135 e. The van der Waals surface area contributed by atoms with E-state index >= 15 is 0 Å². The van der Waals surface area contributed by atoms with Crippen molar-refractivity contribution in [1.82, 2.24) is 9.97 Å². The average Bonchev–Trinajstić information content (AvgIpc) is 2.39. The van der Waals surface area contributed by atoms with Crippen LogP contribution in [-0.2, 0) is 0 Å². The van der Waals surface area contributed by atoms with Crippen molar-refractivity contribution >= 4 is 17.4 Å². The summed E-state index contributed by atoms with van der Waals surface area (Å²) in [6.07, 6.45) is 8.66. The summed E-state index contributed by atoms with van der Waals surface area (Å²) in [6, 6.07) is 1.79. The fourth-order valence-corrected chi connectivity index (χ4v) is 2.46. The van der Waals surface area contributed by atoms with Crippen molar-refractivity contribution in [3.05, 3.63) is 28.7 Å². The highest BCUT2D eigenvalue weighted by atomic mass is 35.5. The summed E-state index contributed by atoms with van der Waals surface area (Å²) >= 11 is 6.02. The molecule has 0 fully saturated rings. The summed E-state index contributed by atoms with van der Waals surface area (Å²) in [5, 5.41) is 3.86. The molecule has 1 aromatic rings. The van der Waals surface area contributed by atoms with E-state index in [1.165, 1.54) is 25.7 Å². The summed E-state index contributed by atoms with van der Waals surface area (Å²) in [5.41, 5.74) is 1.57. The predicted octanol–water partition coefficient (Wildman–Crippen LogP) is 4.56. The van der Waals surface area contributed by atoms with E-state index < -0.39 is 0 Å². The van der Waals surface area contributed by atoms with Crippen LogP contribution in [0, 0.1) is 0 Å². The monoisotopic (exact) mass is 279 g/mol. The van der Waals surface area contributed by atoms with Crippen LogP contribution < -0.4 is 5.32 Å². The topological polar surface area (TPSA) is 37.8 Å². The molecule has 1 N–H and O–H groups in total. The summed E-state index contributed by atoms with van der Waals surface area (Å²) < 4.78 is 0. The van der Waals surface area contributed by atoms with Gasteiger partial charge in [-0.1, -0.05) is 37.1 Å². The Morgan fingerprint density at radius 3 is 2.84 bits per heavy atom. The van der Waals surface area contributed by atoms with Gasteiger partial charge in [0.1, 0.15) is 16.8 Å². The third-order valence-corrected chi connectivity index (χ3v) is 3.56. The van der Waals surface area contributed by atoms with Gasteiger partial charge in [0, 0.05) is 18.5 Å². The molecule has 0 atom stereocenters. The molecule has 3 nitrogen and oxygen atoms in total. The molecule has 0 bridgehead atoms. The van der Waals surface area contributed by atoms with E-state index in [4.69, 9.17) is 11.6 Å². The number of hydrogen-bond acceptors (Lipinski definition) is 3. The zero-order chi connectivity index (χ0) is 13.7. The highest BCUT2D eigenvalue weighted by Gasteiger charge is 2.07. The Morgan fingerprint density at radius 1 is 1.32 bits per heavy atom. The molecule has 0 saturated heterocycles. The number of anilines is 1. The standard InChI is InChI=1S/C15H22ClN3/c1-11(2)15-18-13(16)10-14(19-15)17-9-8-12-6-4-3-5-7-12/h6,10-11H,3-5,7-9H2,1-2H3,(H,17,18,19). The van der Waals surface area contributed by atoms with Gasteiger partial charge in [-0.15, -0.1) is 0 Å². The number of rotatable bonds is 5. The number of halogens is 1. The molecule has 4 heteroatoms. The molecule has 0 aliphatic heterocycles. The Labute approximate surface area is 120 Å². The SMILES string of the molecule is CC(C)c1nc(Cl)cc(NCCC2=CCCCC2)n1. The second kappa shape index (κ2) is 6.90. The van der Waals surface area contributed by atoms with E-state index in [9.17, 15) is 0 Å². The Morgan fingerprint density at radius 2 is 2.16 bits per heavy atom. The first-order valence-electron chi connectivity index (χ1n) is 7.11. The van der Waals surface area contributed by atoms with Crippen LogP contribution in [0.2, 0.25) is 5.15 Å². The molecule has 0 spiro atoms. The van der Waals surface area contributed by atoms with Crippen molar-refractivity contribution in [2.24, 2.45) is 0 Å². The van der Waals surface area contributed by atoms with Crippen molar-refractivity contribution in [2.45, 2.75) is 51.9 Å². The third-order valence-electron chi connectivity index (χ3n) is 3.37. The van der Waals surface area contributed by atoms with E-state index in [-0.39, 0.29) is 0 Å². The second-order valence-electron chi connectivity index (χ2n) is 5.37. The first-order valence-corrected chi connectivity index (χ1v) is 7.49. The smallest absolute Gasteiger partial charge is 0.135 e. The molecule has 2 rings (SSSR count). The van der Waals surface area contributed by atoms with E-state index in [2.05, 4.69) is 35.2 Å². The van der Waals surface area contributed by atoms with Crippen LogP contribution in [0.15, 0.2) is 17.7 Å². The Bertz CT molecular complexity index is 455. The molecule has 1 aliphatic carbocycles. The molecule has 0 aromatic carbocycles. The number of allylic oxidation sites excluding steroid dienone is 1. The van der Waals surface area contributed by atoms with Crippen LogP contribution in [0.1, 0.15) is 57.7 Å². The van der Waals surface area contributed by atoms with Gasteiger partial charge in [0.15, 0.2) is 0 Å². The normalized spacial score (nSPS) is 15.5. The van der Waals surface area contributed by atoms with Crippen molar-refractivity contribution in [2.75, 3.05) is 11.9 Å². The molecule has 1 aromatic heterocycles. The molecule has 0 saturated carbocycles. The van der Waals surface area contributed by atoms with Gasteiger partial charge in [0.25, 0.3) is 0 Å². The second-order valence-corrected chi connectivity index (χ2v) is 5.76. The number of aromatic nitrogens is 2. The van der Waals surface area contributed by atoms with E-state index in [0.717, 1.165) is 24.6 Å². The van der Waals surface area contributed by atoms with Crippen LogP contribution in [0.25, 0.3) is 0 Å². The molecule has 19 heavy (non-hydrogen) atoms. The Kier molecular flexibility index (Phi) is 5.20. The van der Waals surface area contributed by atoms with Crippen LogP contribution >= 0.6 is 11.6 Å². The molecular weight excluding hydrogens is 258 g/mol. The number of nitrogens with one attached hydrogen (secondary N) is 1.